The maximum atomic E-state index is 12.7. The molecule has 2 N–H and O–H groups in total. The minimum atomic E-state index is -4.57. The lowest BCUT2D eigenvalue weighted by atomic mass is 9.94. The highest BCUT2D eigenvalue weighted by Crippen LogP contribution is 2.36. The van der Waals surface area contributed by atoms with E-state index >= 15 is 0 Å². The molecule has 0 aliphatic heterocycles. The summed E-state index contributed by atoms with van der Waals surface area (Å²) in [5.41, 5.74) is -1.23. The van der Waals surface area contributed by atoms with Gasteiger partial charge in [0.2, 0.25) is 0 Å². The Morgan fingerprint density at radius 2 is 1.89 bits per heavy atom. The average molecular weight is 262 g/mol. The molecule has 0 aliphatic carbocycles. The second kappa shape index (κ2) is 5.39. The first kappa shape index (κ1) is 14.5. The molecule has 0 saturated heterocycles. The maximum Gasteiger partial charge on any atom is 0.416 e. The molecule has 1 rings (SSSR count). The first-order valence-electron chi connectivity index (χ1n) is 5.30. The van der Waals surface area contributed by atoms with Crippen molar-refractivity contribution in [1.82, 2.24) is 0 Å². The maximum absolute atomic E-state index is 12.7. The third-order valence-electron chi connectivity index (χ3n) is 2.62. The van der Waals surface area contributed by atoms with Crippen molar-refractivity contribution in [2.75, 3.05) is 0 Å². The van der Waals surface area contributed by atoms with Crippen molar-refractivity contribution in [3.05, 3.63) is 35.4 Å². The Morgan fingerprint density at radius 1 is 1.33 bits per heavy atom. The van der Waals surface area contributed by atoms with Crippen LogP contribution in [0.3, 0.4) is 0 Å². The Morgan fingerprint density at radius 3 is 2.39 bits per heavy atom. The van der Waals surface area contributed by atoms with Crippen LogP contribution in [0.2, 0.25) is 0 Å². The summed E-state index contributed by atoms with van der Waals surface area (Å²) in [7, 11) is 0. The Labute approximate surface area is 102 Å². The van der Waals surface area contributed by atoms with Crippen LogP contribution in [0.15, 0.2) is 24.3 Å². The number of hydrogen-bond acceptors (Lipinski definition) is 2. The summed E-state index contributed by atoms with van der Waals surface area (Å²) >= 11 is 0. The molecule has 0 amide bonds. The van der Waals surface area contributed by atoms with Gasteiger partial charge in [0.1, 0.15) is 0 Å². The number of carbonyl (C=O) groups is 1. The van der Waals surface area contributed by atoms with Crippen LogP contribution in [0.25, 0.3) is 0 Å². The van der Waals surface area contributed by atoms with E-state index in [2.05, 4.69) is 0 Å². The number of carboxylic acids is 1. The third-order valence-corrected chi connectivity index (χ3v) is 2.62. The molecule has 0 bridgehead atoms. The third kappa shape index (κ3) is 3.46. The molecular formula is C12H13F3O3. The zero-order chi connectivity index (χ0) is 13.9. The lowest BCUT2D eigenvalue weighted by molar-refractivity contribution is -0.142. The molecule has 0 aliphatic rings. The predicted molar refractivity (Wildman–Crippen MR) is 57.8 cm³/mol. The van der Waals surface area contributed by atoms with E-state index in [9.17, 15) is 23.1 Å². The lowest BCUT2D eigenvalue weighted by Crippen LogP contribution is -2.17. The SMILES string of the molecule is CC(CC(O)c1ccccc1C(F)(F)F)C(=O)O. The number of aliphatic carboxylic acids is 1. The molecule has 0 radical (unpaired) electrons. The van der Waals surface area contributed by atoms with Gasteiger partial charge < -0.3 is 10.2 Å². The highest BCUT2D eigenvalue weighted by atomic mass is 19.4. The zero-order valence-electron chi connectivity index (χ0n) is 9.61. The fourth-order valence-electron chi connectivity index (χ4n) is 1.61. The number of halogens is 3. The van der Waals surface area contributed by atoms with Gasteiger partial charge in [-0.25, -0.2) is 0 Å². The summed E-state index contributed by atoms with van der Waals surface area (Å²) < 4.78 is 38.0. The number of aliphatic hydroxyl groups excluding tert-OH is 1. The van der Waals surface area contributed by atoms with Crippen LogP contribution in [0.5, 0.6) is 0 Å². The number of hydrogen-bond donors (Lipinski definition) is 2. The molecular weight excluding hydrogens is 249 g/mol. The van der Waals surface area contributed by atoms with Crippen LogP contribution >= 0.6 is 0 Å². The van der Waals surface area contributed by atoms with Gasteiger partial charge in [0.05, 0.1) is 17.6 Å². The first-order chi connectivity index (χ1) is 8.23. The molecule has 0 spiro atoms. The van der Waals surface area contributed by atoms with Gasteiger partial charge in [0, 0.05) is 0 Å². The molecule has 1 aromatic carbocycles. The van der Waals surface area contributed by atoms with E-state index in [4.69, 9.17) is 5.11 Å². The zero-order valence-corrected chi connectivity index (χ0v) is 9.61. The fourth-order valence-corrected chi connectivity index (χ4v) is 1.61. The highest BCUT2D eigenvalue weighted by Gasteiger charge is 2.35. The standard InChI is InChI=1S/C12H13F3O3/c1-7(11(17)18)6-10(16)8-4-2-3-5-9(8)12(13,14)15/h2-5,7,10,16H,6H2,1H3,(H,17,18). The molecule has 0 aromatic heterocycles. The van der Waals surface area contributed by atoms with Gasteiger partial charge in [-0.2, -0.15) is 13.2 Å². The van der Waals surface area contributed by atoms with E-state index < -0.39 is 29.7 Å². The quantitative estimate of drug-likeness (QED) is 0.877. The van der Waals surface area contributed by atoms with Crippen LogP contribution in [0.4, 0.5) is 13.2 Å². The molecule has 1 aromatic rings. The molecule has 3 nitrogen and oxygen atoms in total. The summed E-state index contributed by atoms with van der Waals surface area (Å²) in [6.07, 6.45) is -6.28. The van der Waals surface area contributed by atoms with Crippen LogP contribution in [-0.4, -0.2) is 16.2 Å². The summed E-state index contributed by atoms with van der Waals surface area (Å²) in [5, 5.41) is 18.4. The van der Waals surface area contributed by atoms with Gasteiger partial charge in [0.25, 0.3) is 0 Å². The number of rotatable bonds is 4. The molecule has 2 atom stereocenters. The fraction of sp³-hybridized carbons (Fsp3) is 0.417. The van der Waals surface area contributed by atoms with Crippen LogP contribution < -0.4 is 0 Å². The first-order valence-corrected chi connectivity index (χ1v) is 5.30. The van der Waals surface area contributed by atoms with Crippen LogP contribution in [-0.2, 0) is 11.0 Å². The van der Waals surface area contributed by atoms with E-state index in [-0.39, 0.29) is 12.0 Å². The number of alkyl halides is 3. The van der Waals surface area contributed by atoms with Gasteiger partial charge in [-0.05, 0) is 18.1 Å². The highest BCUT2D eigenvalue weighted by molar-refractivity contribution is 5.69. The second-order valence-corrected chi connectivity index (χ2v) is 4.08. The normalized spacial score (nSPS) is 15.2. The Kier molecular flexibility index (Phi) is 4.34. The van der Waals surface area contributed by atoms with Crippen molar-refractivity contribution in [2.45, 2.75) is 25.6 Å². The largest absolute Gasteiger partial charge is 0.481 e. The molecule has 18 heavy (non-hydrogen) atoms. The van der Waals surface area contributed by atoms with Gasteiger partial charge in [0.15, 0.2) is 0 Å². The predicted octanol–water partition coefficient (Wildman–Crippen LogP) is 2.85. The molecule has 0 saturated carbocycles. The monoisotopic (exact) mass is 262 g/mol. The Bertz CT molecular complexity index is 429. The molecule has 100 valence electrons. The van der Waals surface area contributed by atoms with E-state index in [0.29, 0.717) is 0 Å². The topological polar surface area (TPSA) is 57.5 Å². The van der Waals surface area contributed by atoms with Crippen LogP contribution in [0.1, 0.15) is 30.6 Å². The molecule has 6 heteroatoms. The smallest absolute Gasteiger partial charge is 0.416 e. The Hall–Kier alpha value is -1.56. The van der Waals surface area contributed by atoms with E-state index in [0.717, 1.165) is 12.1 Å². The van der Waals surface area contributed by atoms with Gasteiger partial charge in [-0.1, -0.05) is 25.1 Å². The summed E-state index contributed by atoms with van der Waals surface area (Å²) in [4.78, 5) is 10.6. The minimum absolute atomic E-state index is 0.261. The average Bonchev–Trinajstić information content (AvgIpc) is 2.27. The van der Waals surface area contributed by atoms with Crippen LogP contribution in [0, 0.1) is 5.92 Å². The van der Waals surface area contributed by atoms with Crippen molar-refractivity contribution in [3.63, 3.8) is 0 Å². The molecule has 0 heterocycles. The van der Waals surface area contributed by atoms with E-state index in [1.54, 1.807) is 0 Å². The summed E-state index contributed by atoms with van der Waals surface area (Å²) in [6.45, 7) is 1.34. The van der Waals surface area contributed by atoms with Crippen molar-refractivity contribution in [3.8, 4) is 0 Å². The van der Waals surface area contributed by atoms with Gasteiger partial charge in [-0.3, -0.25) is 4.79 Å². The molecule has 0 fully saturated rings. The number of carboxylic acid groups (broad SMARTS) is 1. The van der Waals surface area contributed by atoms with E-state index in [1.165, 1.54) is 19.1 Å². The van der Waals surface area contributed by atoms with Gasteiger partial charge >= 0.3 is 12.1 Å². The van der Waals surface area contributed by atoms with Crippen molar-refractivity contribution < 1.29 is 28.2 Å². The van der Waals surface area contributed by atoms with Crippen molar-refractivity contribution in [1.29, 1.82) is 0 Å². The number of benzene rings is 1. The number of aliphatic hydroxyl groups is 1. The van der Waals surface area contributed by atoms with Crippen molar-refractivity contribution in [2.24, 2.45) is 5.92 Å². The summed E-state index contributed by atoms with van der Waals surface area (Å²) in [6, 6.07) is 4.62. The van der Waals surface area contributed by atoms with Gasteiger partial charge in [-0.15, -0.1) is 0 Å². The summed E-state index contributed by atoms with van der Waals surface area (Å²) in [5.74, 6) is -2.07. The van der Waals surface area contributed by atoms with Crippen molar-refractivity contribution >= 4 is 5.97 Å². The Balaban J connectivity index is 2.99. The lowest BCUT2D eigenvalue weighted by Gasteiger charge is -2.18. The molecule has 2 unspecified atom stereocenters. The second-order valence-electron chi connectivity index (χ2n) is 4.08. The minimum Gasteiger partial charge on any atom is -0.481 e. The van der Waals surface area contributed by atoms with E-state index in [1.807, 2.05) is 0 Å².